The standard InChI is InChI=1S/C18H11BrN2O4S/c19-14-5-1-12(2-6-14)13-3-8-16(9-4-13)26-18-10-7-15(20(22)23)11-17(18)21(24)25/h1-11H. The van der Waals surface area contributed by atoms with Crippen molar-refractivity contribution in [3.05, 3.63) is 91.4 Å². The normalized spacial score (nSPS) is 10.5. The number of hydrogen-bond donors (Lipinski definition) is 0. The lowest BCUT2D eigenvalue weighted by Gasteiger charge is -2.06. The van der Waals surface area contributed by atoms with Gasteiger partial charge >= 0.3 is 0 Å². The third kappa shape index (κ3) is 4.09. The minimum atomic E-state index is -0.644. The maximum absolute atomic E-state index is 11.2. The van der Waals surface area contributed by atoms with E-state index in [-0.39, 0.29) is 11.4 Å². The van der Waals surface area contributed by atoms with Crippen LogP contribution in [0.15, 0.2) is 81.0 Å². The highest BCUT2D eigenvalue weighted by atomic mass is 79.9. The Hall–Kier alpha value is -2.71. The number of nitro benzene ring substituents is 2. The molecule has 0 aromatic heterocycles. The minimum absolute atomic E-state index is 0.277. The summed E-state index contributed by atoms with van der Waals surface area (Å²) in [4.78, 5) is 21.9. The fourth-order valence-electron chi connectivity index (χ4n) is 2.33. The molecule has 3 aromatic rings. The summed E-state index contributed by atoms with van der Waals surface area (Å²) >= 11 is 4.60. The van der Waals surface area contributed by atoms with Crippen molar-refractivity contribution < 1.29 is 9.85 Å². The average Bonchev–Trinajstić information content (AvgIpc) is 2.63. The monoisotopic (exact) mass is 430 g/mol. The van der Waals surface area contributed by atoms with Gasteiger partial charge in [0.1, 0.15) is 0 Å². The molecule has 0 N–H and O–H groups in total. The fourth-order valence-corrected chi connectivity index (χ4v) is 3.50. The number of hydrogen-bond acceptors (Lipinski definition) is 5. The van der Waals surface area contributed by atoms with Crippen LogP contribution in [0, 0.1) is 20.2 Å². The summed E-state index contributed by atoms with van der Waals surface area (Å²) in [5.41, 5.74) is 1.51. The molecule has 0 saturated heterocycles. The van der Waals surface area contributed by atoms with Gasteiger partial charge < -0.3 is 0 Å². The number of halogens is 1. The molecule has 8 heteroatoms. The summed E-state index contributed by atoms with van der Waals surface area (Å²) in [6.45, 7) is 0. The maximum Gasteiger partial charge on any atom is 0.290 e. The first-order chi connectivity index (χ1) is 12.4. The molecule has 6 nitrogen and oxygen atoms in total. The van der Waals surface area contributed by atoms with Crippen LogP contribution in [0.2, 0.25) is 0 Å². The number of nitro groups is 2. The molecule has 0 fully saturated rings. The molecule has 0 aliphatic rings. The van der Waals surface area contributed by atoms with E-state index in [9.17, 15) is 20.2 Å². The molecular weight excluding hydrogens is 420 g/mol. The Morgan fingerprint density at radius 3 is 1.88 bits per heavy atom. The molecule has 0 spiro atoms. The number of non-ortho nitro benzene ring substituents is 1. The number of rotatable bonds is 5. The molecule has 0 unspecified atom stereocenters. The smallest absolute Gasteiger partial charge is 0.258 e. The van der Waals surface area contributed by atoms with E-state index in [4.69, 9.17) is 0 Å². The van der Waals surface area contributed by atoms with Gasteiger partial charge in [0.05, 0.1) is 20.8 Å². The second-order valence-electron chi connectivity index (χ2n) is 5.30. The highest BCUT2D eigenvalue weighted by Crippen LogP contribution is 2.37. The average molecular weight is 431 g/mol. The summed E-state index contributed by atoms with van der Waals surface area (Å²) in [6.07, 6.45) is 0. The largest absolute Gasteiger partial charge is 0.290 e. The topological polar surface area (TPSA) is 86.3 Å². The molecule has 26 heavy (non-hydrogen) atoms. The van der Waals surface area contributed by atoms with Gasteiger partial charge in [-0.2, -0.15) is 0 Å². The van der Waals surface area contributed by atoms with E-state index in [2.05, 4.69) is 15.9 Å². The van der Waals surface area contributed by atoms with Gasteiger partial charge in [-0.25, -0.2) is 0 Å². The van der Waals surface area contributed by atoms with E-state index in [0.717, 1.165) is 26.6 Å². The predicted molar refractivity (Wildman–Crippen MR) is 103 cm³/mol. The molecular formula is C18H11BrN2O4S. The van der Waals surface area contributed by atoms with Crippen LogP contribution in [0.3, 0.4) is 0 Å². The van der Waals surface area contributed by atoms with Gasteiger partial charge in [-0.3, -0.25) is 20.2 Å². The quantitative estimate of drug-likeness (QED) is 0.361. The zero-order valence-corrected chi connectivity index (χ0v) is 15.6. The SMILES string of the molecule is O=[N+]([O-])c1ccc(Sc2ccc(-c3ccc(Br)cc3)cc2)c([N+](=O)[O-])c1. The third-order valence-corrected chi connectivity index (χ3v) is 5.21. The lowest BCUT2D eigenvalue weighted by Crippen LogP contribution is -1.94. The Bertz CT molecular complexity index is 975. The number of nitrogens with zero attached hydrogens (tertiary/aromatic N) is 2. The minimum Gasteiger partial charge on any atom is -0.258 e. The molecule has 0 atom stereocenters. The van der Waals surface area contributed by atoms with Crippen molar-refractivity contribution in [2.75, 3.05) is 0 Å². The van der Waals surface area contributed by atoms with Gasteiger partial charge in [0, 0.05) is 15.4 Å². The Labute approximate surface area is 161 Å². The molecule has 130 valence electrons. The summed E-state index contributed by atoms with van der Waals surface area (Å²) in [7, 11) is 0. The molecule has 0 saturated carbocycles. The Morgan fingerprint density at radius 1 is 0.769 bits per heavy atom. The molecule has 0 aliphatic heterocycles. The first kappa shape index (κ1) is 18.1. The van der Waals surface area contributed by atoms with Crippen molar-refractivity contribution in [2.45, 2.75) is 9.79 Å². The number of benzene rings is 3. The predicted octanol–water partition coefficient (Wildman–Crippen LogP) is 6.08. The van der Waals surface area contributed by atoms with Crippen molar-refractivity contribution in [1.82, 2.24) is 0 Å². The Kier molecular flexibility index (Phi) is 5.34. The van der Waals surface area contributed by atoms with Crippen LogP contribution in [-0.4, -0.2) is 9.85 Å². The van der Waals surface area contributed by atoms with Crippen molar-refractivity contribution in [1.29, 1.82) is 0 Å². The molecule has 0 aliphatic carbocycles. The van der Waals surface area contributed by atoms with Crippen LogP contribution in [-0.2, 0) is 0 Å². The van der Waals surface area contributed by atoms with E-state index in [1.165, 1.54) is 23.9 Å². The highest BCUT2D eigenvalue weighted by molar-refractivity contribution is 9.10. The van der Waals surface area contributed by atoms with Gasteiger partial charge in [-0.1, -0.05) is 52.0 Å². The molecule has 3 aromatic carbocycles. The molecule has 3 rings (SSSR count). The van der Waals surface area contributed by atoms with E-state index in [0.29, 0.717) is 4.90 Å². The van der Waals surface area contributed by atoms with Crippen LogP contribution < -0.4 is 0 Å². The highest BCUT2D eigenvalue weighted by Gasteiger charge is 2.20. The zero-order valence-electron chi connectivity index (χ0n) is 13.2. The molecule has 0 radical (unpaired) electrons. The van der Waals surface area contributed by atoms with Crippen molar-refractivity contribution in [3.8, 4) is 11.1 Å². The van der Waals surface area contributed by atoms with E-state index >= 15 is 0 Å². The van der Waals surface area contributed by atoms with Gasteiger partial charge in [0.25, 0.3) is 11.4 Å². The van der Waals surface area contributed by atoms with Crippen LogP contribution in [0.4, 0.5) is 11.4 Å². The summed E-state index contributed by atoms with van der Waals surface area (Å²) in [5.74, 6) is 0. The van der Waals surface area contributed by atoms with Gasteiger partial charge in [-0.15, -0.1) is 0 Å². The molecule has 0 heterocycles. The maximum atomic E-state index is 11.2. The fraction of sp³-hybridized carbons (Fsp3) is 0. The Balaban J connectivity index is 1.86. The Morgan fingerprint density at radius 2 is 1.35 bits per heavy atom. The molecule has 0 amide bonds. The lowest BCUT2D eigenvalue weighted by atomic mass is 10.1. The summed E-state index contributed by atoms with van der Waals surface area (Å²) in [6, 6.07) is 19.2. The van der Waals surface area contributed by atoms with Crippen LogP contribution in [0.5, 0.6) is 0 Å². The first-order valence-corrected chi connectivity index (χ1v) is 9.02. The van der Waals surface area contributed by atoms with E-state index in [1.807, 2.05) is 48.5 Å². The van der Waals surface area contributed by atoms with Crippen molar-refractivity contribution in [2.24, 2.45) is 0 Å². The van der Waals surface area contributed by atoms with Crippen LogP contribution >= 0.6 is 27.7 Å². The summed E-state index contributed by atoms with van der Waals surface area (Å²) in [5, 5.41) is 22.0. The van der Waals surface area contributed by atoms with Crippen LogP contribution in [0.25, 0.3) is 11.1 Å². The lowest BCUT2D eigenvalue weighted by molar-refractivity contribution is -0.396. The van der Waals surface area contributed by atoms with Crippen molar-refractivity contribution in [3.63, 3.8) is 0 Å². The second-order valence-corrected chi connectivity index (χ2v) is 7.33. The molecule has 0 bridgehead atoms. The van der Waals surface area contributed by atoms with Crippen molar-refractivity contribution >= 4 is 39.1 Å². The first-order valence-electron chi connectivity index (χ1n) is 7.41. The zero-order chi connectivity index (χ0) is 18.7. The summed E-state index contributed by atoms with van der Waals surface area (Å²) < 4.78 is 0.999. The van der Waals surface area contributed by atoms with Gasteiger partial charge in [-0.05, 0) is 41.5 Å². The van der Waals surface area contributed by atoms with Crippen LogP contribution in [0.1, 0.15) is 0 Å². The van der Waals surface area contributed by atoms with Gasteiger partial charge in [0.2, 0.25) is 0 Å². The third-order valence-electron chi connectivity index (χ3n) is 3.61. The second kappa shape index (κ2) is 7.67. The van der Waals surface area contributed by atoms with Gasteiger partial charge in [0.15, 0.2) is 0 Å². The van der Waals surface area contributed by atoms with E-state index in [1.54, 1.807) is 0 Å². The van der Waals surface area contributed by atoms with E-state index < -0.39 is 9.85 Å².